The van der Waals surface area contributed by atoms with Gasteiger partial charge in [0, 0.05) is 6.42 Å². The van der Waals surface area contributed by atoms with Gasteiger partial charge in [0.2, 0.25) is 0 Å². The Morgan fingerprint density at radius 1 is 1.24 bits per heavy atom. The van der Waals surface area contributed by atoms with Crippen LogP contribution in [0.1, 0.15) is 36.7 Å². The molecule has 0 spiro atoms. The molecule has 1 aromatic heterocycles. The number of para-hydroxylation sites is 1. The van der Waals surface area contributed by atoms with Crippen molar-refractivity contribution in [2.24, 2.45) is 0 Å². The van der Waals surface area contributed by atoms with Gasteiger partial charge in [-0.3, -0.25) is 4.79 Å². The average Bonchev–Trinajstić information content (AvgIpc) is 2.86. The van der Waals surface area contributed by atoms with Crippen molar-refractivity contribution in [2.45, 2.75) is 26.2 Å². The van der Waals surface area contributed by atoms with Crippen molar-refractivity contribution in [1.82, 2.24) is 9.78 Å². The fourth-order valence-electron chi connectivity index (χ4n) is 1.75. The molecule has 88 valence electrons. The Morgan fingerprint density at radius 2 is 2.00 bits per heavy atom. The van der Waals surface area contributed by atoms with Crippen LogP contribution in [0.15, 0.2) is 42.6 Å². The molecule has 0 saturated heterocycles. The molecule has 3 nitrogen and oxygen atoms in total. The number of unbranched alkanes of at least 4 members (excludes halogenated alkanes) is 1. The van der Waals surface area contributed by atoms with E-state index in [1.165, 1.54) is 0 Å². The molecular formula is C14H16N2O. The predicted molar refractivity (Wildman–Crippen MR) is 67.4 cm³/mol. The number of hydrogen-bond acceptors (Lipinski definition) is 2. The van der Waals surface area contributed by atoms with E-state index in [4.69, 9.17) is 0 Å². The quantitative estimate of drug-likeness (QED) is 0.736. The molecule has 3 heteroatoms. The zero-order valence-corrected chi connectivity index (χ0v) is 9.97. The summed E-state index contributed by atoms with van der Waals surface area (Å²) in [7, 11) is 0. The van der Waals surface area contributed by atoms with Crippen LogP contribution in [0.5, 0.6) is 0 Å². The molecule has 1 heterocycles. The Bertz CT molecular complexity index is 488. The molecule has 0 unspecified atom stereocenters. The molecule has 2 aromatic rings. The maximum Gasteiger partial charge on any atom is 0.181 e. The monoisotopic (exact) mass is 228 g/mol. The molecule has 0 N–H and O–H groups in total. The highest BCUT2D eigenvalue weighted by molar-refractivity contribution is 5.94. The normalized spacial score (nSPS) is 10.4. The third-order valence-corrected chi connectivity index (χ3v) is 2.69. The summed E-state index contributed by atoms with van der Waals surface area (Å²) in [5, 5.41) is 4.21. The molecule has 0 bridgehead atoms. The number of aromatic nitrogens is 2. The van der Waals surface area contributed by atoms with Gasteiger partial charge in [0.15, 0.2) is 5.78 Å². The molecule has 0 aliphatic rings. The first kappa shape index (κ1) is 11.6. The number of rotatable bonds is 5. The molecule has 2 rings (SSSR count). The standard InChI is InChI=1S/C14H16N2O/c1-2-3-9-14(17)13-10-11-15-16(13)12-7-5-4-6-8-12/h4-8,10-11H,2-3,9H2,1H3. The van der Waals surface area contributed by atoms with Crippen LogP contribution in [0, 0.1) is 0 Å². The molecule has 0 atom stereocenters. The summed E-state index contributed by atoms with van der Waals surface area (Å²) in [5.41, 5.74) is 1.60. The Labute approximate surface area is 101 Å². The zero-order chi connectivity index (χ0) is 12.1. The molecule has 0 saturated carbocycles. The van der Waals surface area contributed by atoms with E-state index in [-0.39, 0.29) is 5.78 Å². The lowest BCUT2D eigenvalue weighted by Gasteiger charge is -2.06. The van der Waals surface area contributed by atoms with Crippen molar-refractivity contribution in [3.63, 3.8) is 0 Å². The third kappa shape index (κ3) is 2.61. The first-order valence-electron chi connectivity index (χ1n) is 5.95. The van der Waals surface area contributed by atoms with Gasteiger partial charge in [0.25, 0.3) is 0 Å². The van der Waals surface area contributed by atoms with E-state index in [1.807, 2.05) is 30.3 Å². The van der Waals surface area contributed by atoms with Crippen LogP contribution in [0.3, 0.4) is 0 Å². The van der Waals surface area contributed by atoms with E-state index in [0.717, 1.165) is 18.5 Å². The number of hydrogen-bond donors (Lipinski definition) is 0. The van der Waals surface area contributed by atoms with Crippen molar-refractivity contribution in [3.8, 4) is 5.69 Å². The summed E-state index contributed by atoms with van der Waals surface area (Å²) >= 11 is 0. The highest BCUT2D eigenvalue weighted by Crippen LogP contribution is 2.12. The average molecular weight is 228 g/mol. The van der Waals surface area contributed by atoms with Crippen molar-refractivity contribution < 1.29 is 4.79 Å². The van der Waals surface area contributed by atoms with Crippen LogP contribution >= 0.6 is 0 Å². The second kappa shape index (κ2) is 5.43. The van der Waals surface area contributed by atoms with Crippen molar-refractivity contribution >= 4 is 5.78 Å². The first-order valence-corrected chi connectivity index (χ1v) is 5.95. The summed E-state index contributed by atoms with van der Waals surface area (Å²) < 4.78 is 1.71. The Kier molecular flexibility index (Phi) is 3.70. The van der Waals surface area contributed by atoms with Gasteiger partial charge in [-0.25, -0.2) is 4.68 Å². The highest BCUT2D eigenvalue weighted by Gasteiger charge is 2.12. The topological polar surface area (TPSA) is 34.9 Å². The molecule has 0 aliphatic heterocycles. The van der Waals surface area contributed by atoms with Crippen molar-refractivity contribution in [2.75, 3.05) is 0 Å². The summed E-state index contributed by atoms with van der Waals surface area (Å²) in [4.78, 5) is 12.0. The zero-order valence-electron chi connectivity index (χ0n) is 9.97. The van der Waals surface area contributed by atoms with Crippen LogP contribution < -0.4 is 0 Å². The highest BCUT2D eigenvalue weighted by atomic mass is 16.1. The van der Waals surface area contributed by atoms with Gasteiger partial charge < -0.3 is 0 Å². The Balaban J connectivity index is 2.26. The summed E-state index contributed by atoms with van der Waals surface area (Å²) in [6.07, 6.45) is 4.23. The fourth-order valence-corrected chi connectivity index (χ4v) is 1.75. The Morgan fingerprint density at radius 3 is 2.71 bits per heavy atom. The minimum atomic E-state index is 0.160. The van der Waals surface area contributed by atoms with E-state index >= 15 is 0 Å². The van der Waals surface area contributed by atoms with Crippen LogP contribution in [-0.4, -0.2) is 15.6 Å². The van der Waals surface area contributed by atoms with Gasteiger partial charge in [-0.1, -0.05) is 31.5 Å². The minimum absolute atomic E-state index is 0.160. The molecule has 0 amide bonds. The van der Waals surface area contributed by atoms with E-state index in [0.29, 0.717) is 12.1 Å². The number of benzene rings is 1. The maximum atomic E-state index is 12.0. The molecule has 0 radical (unpaired) electrons. The summed E-state index contributed by atoms with van der Waals surface area (Å²) in [6.45, 7) is 2.09. The minimum Gasteiger partial charge on any atom is -0.292 e. The Hall–Kier alpha value is -1.90. The number of Topliss-reactive ketones (excluding diaryl/α,β-unsaturated/α-hetero) is 1. The summed E-state index contributed by atoms with van der Waals surface area (Å²) in [5.74, 6) is 0.160. The number of carbonyl (C=O) groups excluding carboxylic acids is 1. The van der Waals surface area contributed by atoms with E-state index in [2.05, 4.69) is 12.0 Å². The van der Waals surface area contributed by atoms with E-state index < -0.39 is 0 Å². The van der Waals surface area contributed by atoms with Gasteiger partial charge in [0.05, 0.1) is 11.9 Å². The summed E-state index contributed by atoms with van der Waals surface area (Å²) in [6, 6.07) is 11.5. The lowest BCUT2D eigenvalue weighted by molar-refractivity contribution is 0.0972. The van der Waals surface area contributed by atoms with Gasteiger partial charge in [0.1, 0.15) is 5.69 Å². The second-order valence-electron chi connectivity index (χ2n) is 3.99. The van der Waals surface area contributed by atoms with Crippen LogP contribution in [-0.2, 0) is 0 Å². The van der Waals surface area contributed by atoms with Crippen LogP contribution in [0.2, 0.25) is 0 Å². The largest absolute Gasteiger partial charge is 0.292 e. The molecular weight excluding hydrogens is 212 g/mol. The number of carbonyl (C=O) groups is 1. The van der Waals surface area contributed by atoms with Gasteiger partial charge in [-0.05, 0) is 24.6 Å². The second-order valence-corrected chi connectivity index (χ2v) is 3.99. The van der Waals surface area contributed by atoms with Crippen molar-refractivity contribution in [1.29, 1.82) is 0 Å². The van der Waals surface area contributed by atoms with E-state index in [9.17, 15) is 4.79 Å². The molecule has 0 fully saturated rings. The number of nitrogens with zero attached hydrogens (tertiary/aromatic N) is 2. The van der Waals surface area contributed by atoms with E-state index in [1.54, 1.807) is 16.9 Å². The lowest BCUT2D eigenvalue weighted by Crippen LogP contribution is -2.08. The third-order valence-electron chi connectivity index (χ3n) is 2.69. The smallest absolute Gasteiger partial charge is 0.181 e. The van der Waals surface area contributed by atoms with Gasteiger partial charge >= 0.3 is 0 Å². The van der Waals surface area contributed by atoms with Gasteiger partial charge in [-0.2, -0.15) is 5.10 Å². The number of ketones is 1. The molecule has 0 aliphatic carbocycles. The first-order chi connectivity index (χ1) is 8.33. The van der Waals surface area contributed by atoms with Gasteiger partial charge in [-0.15, -0.1) is 0 Å². The molecule has 1 aromatic carbocycles. The van der Waals surface area contributed by atoms with Crippen LogP contribution in [0.4, 0.5) is 0 Å². The fraction of sp³-hybridized carbons (Fsp3) is 0.286. The molecule has 17 heavy (non-hydrogen) atoms. The maximum absolute atomic E-state index is 12.0. The van der Waals surface area contributed by atoms with Crippen molar-refractivity contribution in [3.05, 3.63) is 48.3 Å². The van der Waals surface area contributed by atoms with Crippen LogP contribution in [0.25, 0.3) is 5.69 Å². The SMILES string of the molecule is CCCCC(=O)c1ccnn1-c1ccccc1. The lowest BCUT2D eigenvalue weighted by atomic mass is 10.1. The predicted octanol–water partition coefficient (Wildman–Crippen LogP) is 3.25.